The maximum absolute atomic E-state index is 4.96. The summed E-state index contributed by atoms with van der Waals surface area (Å²) in [7, 11) is 0. The van der Waals surface area contributed by atoms with Crippen molar-refractivity contribution in [3.63, 3.8) is 0 Å². The molecule has 0 radical (unpaired) electrons. The standard InChI is InChI=1S/C23H26N4/c1-3-26(4-2)23-24-20(18-11-6-5-7-12-18)17-22(25-23)27-16-10-14-19-13-8-9-15-21(19)27/h5-9,11-13,15,17H,3-4,10,14,16H2,1-2H3. The normalized spacial score (nSPS) is 13.3. The maximum atomic E-state index is 4.96. The molecule has 4 nitrogen and oxygen atoms in total. The first-order valence-corrected chi connectivity index (χ1v) is 9.85. The van der Waals surface area contributed by atoms with Crippen LogP contribution in [0.5, 0.6) is 0 Å². The number of hydrogen-bond donors (Lipinski definition) is 0. The van der Waals surface area contributed by atoms with Crippen molar-refractivity contribution in [3.8, 4) is 11.3 Å². The predicted octanol–water partition coefficient (Wildman–Crippen LogP) is 5.07. The number of nitrogens with zero attached hydrogens (tertiary/aromatic N) is 4. The SMILES string of the molecule is CCN(CC)c1nc(-c2ccccc2)cc(N2CCCc3ccccc32)n1. The van der Waals surface area contributed by atoms with Crippen molar-refractivity contribution in [2.45, 2.75) is 26.7 Å². The number of para-hydroxylation sites is 1. The number of fused-ring (bicyclic) bond motifs is 1. The Morgan fingerprint density at radius 1 is 0.926 bits per heavy atom. The van der Waals surface area contributed by atoms with E-state index in [1.807, 2.05) is 6.07 Å². The van der Waals surface area contributed by atoms with Crippen LogP contribution in [-0.4, -0.2) is 29.6 Å². The fraction of sp³-hybridized carbons (Fsp3) is 0.304. The summed E-state index contributed by atoms with van der Waals surface area (Å²) < 4.78 is 0. The van der Waals surface area contributed by atoms with Crippen LogP contribution in [0.25, 0.3) is 11.3 Å². The summed E-state index contributed by atoms with van der Waals surface area (Å²) in [4.78, 5) is 14.4. The van der Waals surface area contributed by atoms with E-state index in [1.165, 1.54) is 11.3 Å². The lowest BCUT2D eigenvalue weighted by atomic mass is 10.0. The van der Waals surface area contributed by atoms with Crippen molar-refractivity contribution in [1.82, 2.24) is 9.97 Å². The highest BCUT2D eigenvalue weighted by molar-refractivity contribution is 5.71. The molecule has 0 N–H and O–H groups in total. The van der Waals surface area contributed by atoms with E-state index in [1.54, 1.807) is 0 Å². The summed E-state index contributed by atoms with van der Waals surface area (Å²) >= 11 is 0. The molecule has 0 bridgehead atoms. The Kier molecular flexibility index (Phi) is 5.05. The second-order valence-electron chi connectivity index (χ2n) is 6.83. The summed E-state index contributed by atoms with van der Waals surface area (Å²) in [6, 6.07) is 21.2. The van der Waals surface area contributed by atoms with Gasteiger partial charge in [0, 0.05) is 37.0 Å². The Hall–Kier alpha value is -2.88. The van der Waals surface area contributed by atoms with E-state index >= 15 is 0 Å². The number of rotatable bonds is 5. The zero-order valence-electron chi connectivity index (χ0n) is 16.1. The molecule has 27 heavy (non-hydrogen) atoms. The van der Waals surface area contributed by atoms with Gasteiger partial charge < -0.3 is 9.80 Å². The van der Waals surface area contributed by atoms with E-state index in [0.29, 0.717) is 0 Å². The summed E-state index contributed by atoms with van der Waals surface area (Å²) in [6.07, 6.45) is 2.27. The molecule has 2 heterocycles. The molecule has 1 aliphatic rings. The van der Waals surface area contributed by atoms with Crippen molar-refractivity contribution >= 4 is 17.5 Å². The molecule has 0 unspecified atom stereocenters. The van der Waals surface area contributed by atoms with Gasteiger partial charge in [-0.1, -0.05) is 48.5 Å². The molecule has 1 aliphatic heterocycles. The third kappa shape index (κ3) is 3.52. The first-order chi connectivity index (χ1) is 13.3. The summed E-state index contributed by atoms with van der Waals surface area (Å²) in [5.41, 5.74) is 4.77. The molecule has 138 valence electrons. The molecule has 4 rings (SSSR count). The van der Waals surface area contributed by atoms with Crippen LogP contribution in [-0.2, 0) is 6.42 Å². The zero-order valence-corrected chi connectivity index (χ0v) is 16.1. The van der Waals surface area contributed by atoms with Crippen LogP contribution in [0.4, 0.5) is 17.5 Å². The minimum Gasteiger partial charge on any atom is -0.341 e. The van der Waals surface area contributed by atoms with Crippen molar-refractivity contribution in [3.05, 3.63) is 66.2 Å². The van der Waals surface area contributed by atoms with Gasteiger partial charge in [-0.05, 0) is 38.3 Å². The molecule has 0 amide bonds. The zero-order chi connectivity index (χ0) is 18.6. The minimum atomic E-state index is 0.805. The molecule has 4 heteroatoms. The monoisotopic (exact) mass is 358 g/mol. The van der Waals surface area contributed by atoms with E-state index in [0.717, 1.165) is 55.5 Å². The Morgan fingerprint density at radius 3 is 2.44 bits per heavy atom. The quantitative estimate of drug-likeness (QED) is 0.637. The van der Waals surface area contributed by atoms with Crippen LogP contribution < -0.4 is 9.80 Å². The second kappa shape index (κ2) is 7.78. The fourth-order valence-corrected chi connectivity index (χ4v) is 3.74. The highest BCUT2D eigenvalue weighted by atomic mass is 15.3. The molecule has 0 saturated heterocycles. The van der Waals surface area contributed by atoms with Gasteiger partial charge in [0.25, 0.3) is 0 Å². The lowest BCUT2D eigenvalue weighted by molar-refractivity contribution is 0.753. The van der Waals surface area contributed by atoms with Crippen LogP contribution in [0.1, 0.15) is 25.8 Å². The third-order valence-electron chi connectivity index (χ3n) is 5.20. The second-order valence-corrected chi connectivity index (χ2v) is 6.83. The van der Waals surface area contributed by atoms with E-state index in [2.05, 4.69) is 78.2 Å². The van der Waals surface area contributed by atoms with Crippen LogP contribution in [0.15, 0.2) is 60.7 Å². The van der Waals surface area contributed by atoms with Gasteiger partial charge in [0.05, 0.1) is 5.69 Å². The lowest BCUT2D eigenvalue weighted by Gasteiger charge is -2.31. The topological polar surface area (TPSA) is 32.3 Å². The van der Waals surface area contributed by atoms with Crippen molar-refractivity contribution in [2.75, 3.05) is 29.4 Å². The number of aryl methyl sites for hydroxylation is 1. The highest BCUT2D eigenvalue weighted by Crippen LogP contribution is 2.34. The van der Waals surface area contributed by atoms with Gasteiger partial charge in [-0.25, -0.2) is 4.98 Å². The molecular weight excluding hydrogens is 332 g/mol. The molecule has 0 aliphatic carbocycles. The molecule has 0 fully saturated rings. The molecule has 1 aromatic heterocycles. The number of anilines is 3. The largest absolute Gasteiger partial charge is 0.341 e. The smallest absolute Gasteiger partial charge is 0.227 e. The van der Waals surface area contributed by atoms with E-state index in [9.17, 15) is 0 Å². The number of benzene rings is 2. The van der Waals surface area contributed by atoms with Gasteiger partial charge in [-0.2, -0.15) is 4.98 Å². The van der Waals surface area contributed by atoms with Crippen LogP contribution in [0.2, 0.25) is 0 Å². The Balaban J connectivity index is 1.84. The summed E-state index contributed by atoms with van der Waals surface area (Å²) in [5.74, 6) is 1.79. The number of aromatic nitrogens is 2. The molecule has 0 atom stereocenters. The first kappa shape index (κ1) is 17.5. The maximum Gasteiger partial charge on any atom is 0.227 e. The van der Waals surface area contributed by atoms with Gasteiger partial charge >= 0.3 is 0 Å². The van der Waals surface area contributed by atoms with Crippen molar-refractivity contribution in [2.24, 2.45) is 0 Å². The fourth-order valence-electron chi connectivity index (χ4n) is 3.74. The average Bonchev–Trinajstić information content (AvgIpc) is 2.74. The van der Waals surface area contributed by atoms with Gasteiger partial charge in [0.1, 0.15) is 5.82 Å². The van der Waals surface area contributed by atoms with Gasteiger partial charge in [0.2, 0.25) is 5.95 Å². The molecular formula is C23H26N4. The molecule has 3 aromatic rings. The van der Waals surface area contributed by atoms with Crippen molar-refractivity contribution in [1.29, 1.82) is 0 Å². The predicted molar refractivity (Wildman–Crippen MR) is 113 cm³/mol. The molecule has 0 saturated carbocycles. The summed E-state index contributed by atoms with van der Waals surface area (Å²) in [5, 5.41) is 0. The molecule has 0 spiro atoms. The van der Waals surface area contributed by atoms with Gasteiger partial charge in [-0.15, -0.1) is 0 Å². The van der Waals surface area contributed by atoms with Gasteiger partial charge in [0.15, 0.2) is 0 Å². The molecule has 2 aromatic carbocycles. The number of hydrogen-bond acceptors (Lipinski definition) is 4. The van der Waals surface area contributed by atoms with Crippen LogP contribution in [0.3, 0.4) is 0 Å². The van der Waals surface area contributed by atoms with Crippen molar-refractivity contribution < 1.29 is 0 Å². The third-order valence-corrected chi connectivity index (χ3v) is 5.20. The lowest BCUT2D eigenvalue weighted by Crippen LogP contribution is -2.28. The van der Waals surface area contributed by atoms with Crippen LogP contribution in [0, 0.1) is 0 Å². The van der Waals surface area contributed by atoms with E-state index in [4.69, 9.17) is 9.97 Å². The Morgan fingerprint density at radius 2 is 1.67 bits per heavy atom. The van der Waals surface area contributed by atoms with Crippen LogP contribution >= 0.6 is 0 Å². The minimum absolute atomic E-state index is 0.805. The average molecular weight is 358 g/mol. The van der Waals surface area contributed by atoms with Gasteiger partial charge in [-0.3, -0.25) is 0 Å². The summed E-state index contributed by atoms with van der Waals surface area (Å²) in [6.45, 7) is 7.07. The Labute approximate surface area is 161 Å². The highest BCUT2D eigenvalue weighted by Gasteiger charge is 2.21. The van der Waals surface area contributed by atoms with E-state index < -0.39 is 0 Å². The Bertz CT molecular complexity index is 903. The van der Waals surface area contributed by atoms with E-state index in [-0.39, 0.29) is 0 Å². The first-order valence-electron chi connectivity index (χ1n) is 9.85.